The maximum Gasteiger partial charge on any atom is 0.490 e. The van der Waals surface area contributed by atoms with Gasteiger partial charge in [-0.2, -0.15) is 13.2 Å². The van der Waals surface area contributed by atoms with Crippen LogP contribution >= 0.6 is 23.2 Å². The average Bonchev–Trinajstić information content (AvgIpc) is 3.55. The largest absolute Gasteiger partial charge is 0.490 e. The first-order valence-corrected chi connectivity index (χ1v) is 14.1. The van der Waals surface area contributed by atoms with Crippen LogP contribution in [0.25, 0.3) is 16.6 Å². The molecular weight excluding hydrogens is 648 g/mol. The molecule has 1 fully saturated rings. The van der Waals surface area contributed by atoms with Crippen LogP contribution in [0.4, 0.5) is 22.0 Å². The van der Waals surface area contributed by atoms with Gasteiger partial charge in [0.15, 0.2) is 0 Å². The summed E-state index contributed by atoms with van der Waals surface area (Å²) in [5.41, 5.74) is 2.59. The molecular formula is C29H22Cl2F5N5O4. The van der Waals surface area contributed by atoms with Crippen LogP contribution in [0.5, 0.6) is 0 Å². The highest BCUT2D eigenvalue weighted by Crippen LogP contribution is 2.30. The number of carboxylic acids is 1. The number of halogens is 7. The number of likely N-dealkylation sites (tertiary alicyclic amines) is 1. The smallest absolute Gasteiger partial charge is 0.475 e. The SMILES string of the molecule is O=C(O)C(F)(F)F.O=C(c1cc(Cc2c[nH]c(=O)c3cc(Cl)c(Cl)n23)ccc1F)N1CCC(c2nc3cc(F)ccc3[nH]2)CC1. The highest BCUT2D eigenvalue weighted by Gasteiger charge is 2.38. The molecule has 0 saturated carbocycles. The number of fused-ring (bicyclic) bond motifs is 2. The standard InChI is InChI=1S/C27H21Cl2F2N5O2.C2HF3O2/c28-19-12-23-26(37)32-13-17(36(23)24(19)29)9-14-1-3-20(31)18(10-14)27(38)35-7-5-15(6-8-35)25-33-21-4-2-16(30)11-22(21)34-25;3-2(4,5)1(6)7/h1-4,10-13,15H,5-9H2,(H,32,37)(H,33,34);(H,6,7). The molecule has 0 radical (unpaired) electrons. The van der Waals surface area contributed by atoms with Crippen molar-refractivity contribution < 1.29 is 36.6 Å². The van der Waals surface area contributed by atoms with Crippen LogP contribution in [0, 0.1) is 11.6 Å². The van der Waals surface area contributed by atoms with Crippen molar-refractivity contribution in [2.75, 3.05) is 13.1 Å². The number of aliphatic carboxylic acids is 1. The predicted molar refractivity (Wildman–Crippen MR) is 155 cm³/mol. The number of nitrogens with one attached hydrogen (secondary N) is 2. The Bertz CT molecular complexity index is 1980. The number of H-pyrrole nitrogens is 2. The molecule has 236 valence electrons. The first-order chi connectivity index (χ1) is 21.2. The topological polar surface area (TPSA) is 124 Å². The molecule has 3 aromatic heterocycles. The van der Waals surface area contributed by atoms with E-state index in [0.717, 1.165) is 11.3 Å². The third-order valence-electron chi connectivity index (χ3n) is 7.31. The Balaban J connectivity index is 0.000000515. The molecule has 0 unspecified atom stereocenters. The number of piperidine rings is 1. The lowest BCUT2D eigenvalue weighted by molar-refractivity contribution is -0.192. The molecule has 16 heteroatoms. The maximum absolute atomic E-state index is 14.8. The van der Waals surface area contributed by atoms with E-state index >= 15 is 0 Å². The van der Waals surface area contributed by atoms with E-state index in [1.807, 2.05) is 0 Å². The number of hydrogen-bond acceptors (Lipinski definition) is 4. The second-order valence-corrected chi connectivity index (χ2v) is 11.0. The van der Waals surface area contributed by atoms with Crippen molar-refractivity contribution >= 4 is 51.6 Å². The number of carboxylic acid groups (broad SMARTS) is 1. The van der Waals surface area contributed by atoms with E-state index in [0.29, 0.717) is 48.2 Å². The number of carbonyl (C=O) groups excluding carboxylic acids is 1. The second-order valence-electron chi connectivity index (χ2n) is 10.3. The molecule has 0 bridgehead atoms. The summed E-state index contributed by atoms with van der Waals surface area (Å²) < 4.78 is 61.6. The van der Waals surface area contributed by atoms with E-state index in [4.69, 9.17) is 33.1 Å². The molecule has 1 saturated heterocycles. The monoisotopic (exact) mass is 669 g/mol. The van der Waals surface area contributed by atoms with Gasteiger partial charge in [-0.3, -0.25) is 14.0 Å². The number of aromatic amines is 2. The second kappa shape index (κ2) is 12.5. The first kappa shape index (κ1) is 32.0. The van der Waals surface area contributed by atoms with Crippen molar-refractivity contribution in [1.29, 1.82) is 0 Å². The van der Waals surface area contributed by atoms with Crippen LogP contribution in [-0.2, 0) is 11.2 Å². The highest BCUT2D eigenvalue weighted by atomic mass is 35.5. The van der Waals surface area contributed by atoms with Gasteiger partial charge in [-0.05, 0) is 48.7 Å². The molecule has 2 aromatic carbocycles. The van der Waals surface area contributed by atoms with Crippen molar-refractivity contribution in [3.8, 4) is 0 Å². The minimum absolute atomic E-state index is 0.0162. The van der Waals surface area contributed by atoms with Crippen molar-refractivity contribution in [2.45, 2.75) is 31.4 Å². The number of imidazole rings is 1. The summed E-state index contributed by atoms with van der Waals surface area (Å²) in [6.07, 6.45) is -1.97. The van der Waals surface area contributed by atoms with Crippen LogP contribution in [0.15, 0.2) is 53.5 Å². The molecule has 0 atom stereocenters. The summed E-state index contributed by atoms with van der Waals surface area (Å²) in [5.74, 6) is -3.23. The summed E-state index contributed by atoms with van der Waals surface area (Å²) >= 11 is 12.4. The summed E-state index contributed by atoms with van der Waals surface area (Å²) in [6, 6.07) is 10.3. The van der Waals surface area contributed by atoms with E-state index in [1.54, 1.807) is 21.4 Å². The summed E-state index contributed by atoms with van der Waals surface area (Å²) in [5, 5.41) is 7.58. The number of alkyl halides is 3. The Hall–Kier alpha value is -4.43. The Morgan fingerprint density at radius 2 is 1.73 bits per heavy atom. The third-order valence-corrected chi connectivity index (χ3v) is 8.07. The van der Waals surface area contributed by atoms with E-state index in [-0.39, 0.29) is 45.4 Å². The normalized spacial score (nSPS) is 14.1. The number of nitrogens with zero attached hydrogens (tertiary/aromatic N) is 3. The van der Waals surface area contributed by atoms with Gasteiger partial charge < -0.3 is 20.0 Å². The van der Waals surface area contributed by atoms with Crippen LogP contribution in [0.2, 0.25) is 10.2 Å². The Labute approximate surface area is 260 Å². The fraction of sp³-hybridized carbons (Fsp3) is 0.241. The third kappa shape index (κ3) is 6.81. The van der Waals surface area contributed by atoms with Gasteiger partial charge in [0.2, 0.25) is 0 Å². The van der Waals surface area contributed by atoms with Gasteiger partial charge >= 0.3 is 12.1 Å². The fourth-order valence-electron chi connectivity index (χ4n) is 5.10. The summed E-state index contributed by atoms with van der Waals surface area (Å²) in [7, 11) is 0. The van der Waals surface area contributed by atoms with Crippen LogP contribution in [0.3, 0.4) is 0 Å². The summed E-state index contributed by atoms with van der Waals surface area (Å²) in [6.45, 7) is 0.882. The molecule has 4 heterocycles. The van der Waals surface area contributed by atoms with E-state index in [1.165, 1.54) is 36.5 Å². The number of aromatic nitrogens is 4. The van der Waals surface area contributed by atoms with Crippen LogP contribution in [0.1, 0.15) is 46.2 Å². The zero-order chi connectivity index (χ0) is 32.6. The van der Waals surface area contributed by atoms with Gasteiger partial charge in [0.25, 0.3) is 11.5 Å². The van der Waals surface area contributed by atoms with Gasteiger partial charge in [0, 0.05) is 43.4 Å². The van der Waals surface area contributed by atoms with Crippen molar-refractivity contribution in [3.63, 3.8) is 0 Å². The van der Waals surface area contributed by atoms with Crippen molar-refractivity contribution in [1.82, 2.24) is 24.3 Å². The maximum atomic E-state index is 14.8. The molecule has 0 aliphatic carbocycles. The number of hydrogen-bond donors (Lipinski definition) is 3. The first-order valence-electron chi connectivity index (χ1n) is 13.3. The fourth-order valence-corrected chi connectivity index (χ4v) is 5.54. The number of rotatable bonds is 4. The lowest BCUT2D eigenvalue weighted by Crippen LogP contribution is -2.38. The van der Waals surface area contributed by atoms with Crippen molar-refractivity contribution in [2.24, 2.45) is 0 Å². The van der Waals surface area contributed by atoms with E-state index in [2.05, 4.69) is 15.0 Å². The lowest BCUT2D eigenvalue weighted by atomic mass is 9.95. The highest BCUT2D eigenvalue weighted by molar-refractivity contribution is 6.42. The number of carbonyl (C=O) groups is 2. The number of amides is 1. The minimum Gasteiger partial charge on any atom is -0.475 e. The quantitative estimate of drug-likeness (QED) is 0.193. The molecule has 45 heavy (non-hydrogen) atoms. The van der Waals surface area contributed by atoms with Gasteiger partial charge in [-0.15, -0.1) is 0 Å². The van der Waals surface area contributed by atoms with Gasteiger partial charge in [0.1, 0.15) is 28.1 Å². The molecule has 3 N–H and O–H groups in total. The minimum atomic E-state index is -5.08. The zero-order valence-corrected chi connectivity index (χ0v) is 24.4. The molecule has 9 nitrogen and oxygen atoms in total. The van der Waals surface area contributed by atoms with Crippen LogP contribution in [-0.4, -0.2) is 60.5 Å². The van der Waals surface area contributed by atoms with Gasteiger partial charge in [0.05, 0.1) is 21.6 Å². The molecule has 1 aliphatic heterocycles. The lowest BCUT2D eigenvalue weighted by Gasteiger charge is -2.31. The van der Waals surface area contributed by atoms with E-state index < -0.39 is 18.0 Å². The predicted octanol–water partition coefficient (Wildman–Crippen LogP) is 6.33. The zero-order valence-electron chi connectivity index (χ0n) is 22.9. The Morgan fingerprint density at radius 1 is 1.04 bits per heavy atom. The van der Waals surface area contributed by atoms with Crippen molar-refractivity contribution in [3.05, 3.63) is 103 Å². The average molecular weight is 670 g/mol. The van der Waals surface area contributed by atoms with Crippen LogP contribution < -0.4 is 5.56 Å². The Morgan fingerprint density at radius 3 is 2.40 bits per heavy atom. The summed E-state index contributed by atoms with van der Waals surface area (Å²) in [4.78, 5) is 46.4. The van der Waals surface area contributed by atoms with Gasteiger partial charge in [-0.1, -0.05) is 29.3 Å². The molecule has 6 rings (SSSR count). The number of benzene rings is 2. The van der Waals surface area contributed by atoms with E-state index in [9.17, 15) is 31.5 Å². The Kier molecular flexibility index (Phi) is 8.90. The molecule has 5 aromatic rings. The molecule has 0 spiro atoms. The molecule has 1 aliphatic rings. The molecule has 1 amide bonds. The van der Waals surface area contributed by atoms with Gasteiger partial charge in [-0.25, -0.2) is 18.6 Å².